The fraction of sp³-hybridized carbons (Fsp3) is 0.357. The van der Waals surface area contributed by atoms with E-state index in [4.69, 9.17) is 9.84 Å². The molecule has 1 heterocycles. The average Bonchev–Trinajstić information content (AvgIpc) is 2.90. The second-order valence-electron chi connectivity index (χ2n) is 4.55. The molecular weight excluding hydrogens is 274 g/mol. The van der Waals surface area contributed by atoms with E-state index in [0.29, 0.717) is 18.8 Å². The van der Waals surface area contributed by atoms with Gasteiger partial charge in [-0.25, -0.2) is 0 Å². The number of para-hydroxylation sites is 1. The van der Waals surface area contributed by atoms with Crippen molar-refractivity contribution in [1.82, 2.24) is 15.1 Å². The van der Waals surface area contributed by atoms with Gasteiger partial charge in [0, 0.05) is 25.6 Å². The van der Waals surface area contributed by atoms with E-state index < -0.39 is 5.97 Å². The molecule has 2 N–H and O–H groups in total. The Hall–Kier alpha value is -2.41. The molecule has 0 saturated carbocycles. The molecule has 0 radical (unpaired) electrons. The number of rotatable bonds is 7. The van der Waals surface area contributed by atoms with Crippen LogP contribution < -0.4 is 0 Å². The van der Waals surface area contributed by atoms with Crippen molar-refractivity contribution in [2.75, 3.05) is 26.8 Å². The van der Waals surface area contributed by atoms with Crippen LogP contribution in [0.2, 0.25) is 0 Å². The highest BCUT2D eigenvalue weighted by atomic mass is 16.5. The van der Waals surface area contributed by atoms with Crippen molar-refractivity contribution in [2.24, 2.45) is 0 Å². The molecule has 0 saturated heterocycles. The van der Waals surface area contributed by atoms with Gasteiger partial charge in [-0.2, -0.15) is 5.10 Å². The van der Waals surface area contributed by atoms with E-state index >= 15 is 0 Å². The number of nitrogens with zero attached hydrogens (tertiary/aromatic N) is 2. The largest absolute Gasteiger partial charge is 0.481 e. The second kappa shape index (κ2) is 6.85. The lowest BCUT2D eigenvalue weighted by Crippen LogP contribution is -2.36. The van der Waals surface area contributed by atoms with E-state index in [2.05, 4.69) is 10.2 Å². The van der Waals surface area contributed by atoms with Crippen LogP contribution in [-0.2, 0) is 9.53 Å². The Kier molecular flexibility index (Phi) is 4.89. The molecule has 112 valence electrons. The van der Waals surface area contributed by atoms with Gasteiger partial charge < -0.3 is 14.7 Å². The fourth-order valence-electron chi connectivity index (χ4n) is 2.02. The van der Waals surface area contributed by atoms with Gasteiger partial charge in [0.15, 0.2) is 5.69 Å². The van der Waals surface area contributed by atoms with Crippen LogP contribution in [0.15, 0.2) is 24.3 Å². The summed E-state index contributed by atoms with van der Waals surface area (Å²) in [4.78, 5) is 24.7. The number of carboxylic acids is 1. The van der Waals surface area contributed by atoms with E-state index in [9.17, 15) is 9.59 Å². The number of hydrogen-bond donors (Lipinski definition) is 2. The maximum atomic E-state index is 12.5. The molecule has 1 aromatic carbocycles. The first-order valence-electron chi connectivity index (χ1n) is 6.56. The van der Waals surface area contributed by atoms with Crippen LogP contribution in [-0.4, -0.2) is 58.9 Å². The number of hydrogen-bond acceptors (Lipinski definition) is 4. The lowest BCUT2D eigenvalue weighted by atomic mass is 10.2. The molecule has 21 heavy (non-hydrogen) atoms. The third-order valence-electron chi connectivity index (χ3n) is 3.12. The number of fused-ring (bicyclic) bond motifs is 1. The van der Waals surface area contributed by atoms with Crippen molar-refractivity contribution in [2.45, 2.75) is 6.42 Å². The predicted octanol–water partition coefficient (Wildman–Crippen LogP) is 1.13. The maximum absolute atomic E-state index is 12.5. The zero-order valence-electron chi connectivity index (χ0n) is 11.7. The predicted molar refractivity (Wildman–Crippen MR) is 76.1 cm³/mol. The number of aromatic nitrogens is 2. The second-order valence-corrected chi connectivity index (χ2v) is 4.55. The zero-order chi connectivity index (χ0) is 15.2. The van der Waals surface area contributed by atoms with Crippen LogP contribution in [0.25, 0.3) is 10.9 Å². The first-order chi connectivity index (χ1) is 10.1. The normalized spacial score (nSPS) is 10.7. The number of methoxy groups -OCH3 is 1. The number of H-pyrrole nitrogens is 1. The fourth-order valence-corrected chi connectivity index (χ4v) is 2.02. The van der Waals surface area contributed by atoms with E-state index in [-0.39, 0.29) is 18.9 Å². The molecule has 0 bridgehead atoms. The van der Waals surface area contributed by atoms with Gasteiger partial charge in [-0.1, -0.05) is 18.2 Å². The van der Waals surface area contributed by atoms with Crippen LogP contribution in [0, 0.1) is 0 Å². The summed E-state index contributed by atoms with van der Waals surface area (Å²) in [6.07, 6.45) is -0.113. The zero-order valence-corrected chi connectivity index (χ0v) is 11.7. The number of carboxylic acid groups (broad SMARTS) is 1. The summed E-state index contributed by atoms with van der Waals surface area (Å²) in [5.74, 6) is -1.25. The number of nitrogens with one attached hydrogen (secondary N) is 1. The van der Waals surface area contributed by atoms with Crippen molar-refractivity contribution in [3.8, 4) is 0 Å². The van der Waals surface area contributed by atoms with Crippen molar-refractivity contribution < 1.29 is 19.4 Å². The van der Waals surface area contributed by atoms with E-state index in [0.717, 1.165) is 10.9 Å². The van der Waals surface area contributed by atoms with E-state index in [1.807, 2.05) is 18.2 Å². The van der Waals surface area contributed by atoms with Gasteiger partial charge in [0.25, 0.3) is 5.91 Å². The molecule has 0 unspecified atom stereocenters. The minimum atomic E-state index is -0.947. The van der Waals surface area contributed by atoms with Gasteiger partial charge in [-0.05, 0) is 6.07 Å². The Balaban J connectivity index is 2.21. The maximum Gasteiger partial charge on any atom is 0.305 e. The monoisotopic (exact) mass is 291 g/mol. The molecule has 1 amide bonds. The number of aromatic amines is 1. The van der Waals surface area contributed by atoms with Gasteiger partial charge in [-0.15, -0.1) is 0 Å². The molecule has 0 aliphatic carbocycles. The molecule has 0 atom stereocenters. The highest BCUT2D eigenvalue weighted by Crippen LogP contribution is 2.17. The summed E-state index contributed by atoms with van der Waals surface area (Å²) in [6, 6.07) is 7.31. The molecule has 2 rings (SSSR count). The van der Waals surface area contributed by atoms with Crippen LogP contribution in [0.3, 0.4) is 0 Å². The van der Waals surface area contributed by atoms with Crippen LogP contribution in [0.1, 0.15) is 16.9 Å². The summed E-state index contributed by atoms with van der Waals surface area (Å²) < 4.78 is 4.96. The summed E-state index contributed by atoms with van der Waals surface area (Å²) >= 11 is 0. The Labute approximate surface area is 121 Å². The molecule has 1 aromatic heterocycles. The third-order valence-corrected chi connectivity index (χ3v) is 3.12. The first kappa shape index (κ1) is 15.0. The minimum absolute atomic E-state index is 0.113. The molecule has 0 aliphatic rings. The Morgan fingerprint density at radius 2 is 2.10 bits per heavy atom. The summed E-state index contributed by atoms with van der Waals surface area (Å²) in [5, 5.41) is 16.4. The van der Waals surface area contributed by atoms with Gasteiger partial charge in [-0.3, -0.25) is 14.7 Å². The number of carbonyl (C=O) groups excluding carboxylic acids is 1. The average molecular weight is 291 g/mol. The van der Waals surface area contributed by atoms with E-state index in [1.165, 1.54) is 12.0 Å². The summed E-state index contributed by atoms with van der Waals surface area (Å²) in [7, 11) is 1.53. The Bertz CT molecular complexity index is 638. The number of carbonyl (C=O) groups is 2. The first-order valence-corrected chi connectivity index (χ1v) is 6.56. The minimum Gasteiger partial charge on any atom is -0.481 e. The van der Waals surface area contributed by atoms with Crippen LogP contribution in [0.5, 0.6) is 0 Å². The number of benzene rings is 1. The molecule has 0 fully saturated rings. The Morgan fingerprint density at radius 3 is 2.81 bits per heavy atom. The van der Waals surface area contributed by atoms with Gasteiger partial charge in [0.05, 0.1) is 18.5 Å². The summed E-state index contributed by atoms with van der Waals surface area (Å²) in [5.41, 5.74) is 1.07. The number of ether oxygens (including phenoxy) is 1. The highest BCUT2D eigenvalue weighted by molar-refractivity contribution is 6.04. The smallest absolute Gasteiger partial charge is 0.305 e. The SMILES string of the molecule is COCCN(CCC(=O)O)C(=O)c1n[nH]c2ccccc12. The van der Waals surface area contributed by atoms with Crippen molar-refractivity contribution in [3.05, 3.63) is 30.0 Å². The molecule has 7 nitrogen and oxygen atoms in total. The molecular formula is C14H17N3O4. The number of aliphatic carboxylic acids is 1. The Morgan fingerprint density at radius 1 is 1.33 bits per heavy atom. The number of amides is 1. The molecule has 0 spiro atoms. The lowest BCUT2D eigenvalue weighted by molar-refractivity contribution is -0.137. The highest BCUT2D eigenvalue weighted by Gasteiger charge is 2.21. The lowest BCUT2D eigenvalue weighted by Gasteiger charge is -2.20. The van der Waals surface area contributed by atoms with Gasteiger partial charge >= 0.3 is 5.97 Å². The molecule has 2 aromatic rings. The van der Waals surface area contributed by atoms with E-state index in [1.54, 1.807) is 6.07 Å². The van der Waals surface area contributed by atoms with Gasteiger partial charge in [0.1, 0.15) is 0 Å². The van der Waals surface area contributed by atoms with Crippen molar-refractivity contribution in [3.63, 3.8) is 0 Å². The topological polar surface area (TPSA) is 95.5 Å². The van der Waals surface area contributed by atoms with Crippen LogP contribution in [0.4, 0.5) is 0 Å². The van der Waals surface area contributed by atoms with Crippen LogP contribution >= 0.6 is 0 Å². The standard InChI is InChI=1S/C14H17N3O4/c1-21-9-8-17(7-6-12(18)19)14(20)13-10-4-2-3-5-11(10)15-16-13/h2-5H,6-9H2,1H3,(H,15,16)(H,18,19). The quantitative estimate of drug-likeness (QED) is 0.797. The third kappa shape index (κ3) is 3.57. The summed E-state index contributed by atoms with van der Waals surface area (Å²) in [6.45, 7) is 0.788. The van der Waals surface area contributed by atoms with Crippen molar-refractivity contribution in [1.29, 1.82) is 0 Å². The van der Waals surface area contributed by atoms with Gasteiger partial charge in [0.2, 0.25) is 0 Å². The molecule has 0 aliphatic heterocycles. The molecule has 7 heteroatoms. The van der Waals surface area contributed by atoms with Crippen molar-refractivity contribution >= 4 is 22.8 Å².